The summed E-state index contributed by atoms with van der Waals surface area (Å²) in [4.78, 5) is 12.1. The van der Waals surface area contributed by atoms with E-state index in [9.17, 15) is 9.18 Å². The fourth-order valence-electron chi connectivity index (χ4n) is 1.63. The predicted molar refractivity (Wildman–Crippen MR) is 70.7 cm³/mol. The van der Waals surface area contributed by atoms with Crippen molar-refractivity contribution in [1.82, 2.24) is 5.32 Å². The minimum Gasteiger partial charge on any atom is -0.409 e. The van der Waals surface area contributed by atoms with Gasteiger partial charge in [-0.2, -0.15) is 0 Å². The van der Waals surface area contributed by atoms with E-state index in [1.54, 1.807) is 26.8 Å². The van der Waals surface area contributed by atoms with Crippen LogP contribution in [0.25, 0.3) is 0 Å². The third-order valence-electron chi connectivity index (χ3n) is 3.07. The van der Waals surface area contributed by atoms with E-state index in [1.807, 2.05) is 0 Å². The number of nitrogens with zero attached hydrogens (tertiary/aromatic N) is 1. The zero-order valence-electron chi connectivity index (χ0n) is 11.2. The molecule has 0 saturated carbocycles. The first-order chi connectivity index (χ1) is 8.82. The summed E-state index contributed by atoms with van der Waals surface area (Å²) in [6, 6.07) is 4.05. The summed E-state index contributed by atoms with van der Waals surface area (Å²) in [6.07, 6.45) is 0.433. The lowest BCUT2D eigenvalue weighted by Gasteiger charge is -2.28. The first-order valence-corrected chi connectivity index (χ1v) is 5.90. The molecule has 0 bridgehead atoms. The van der Waals surface area contributed by atoms with Gasteiger partial charge in [0.05, 0.1) is 5.54 Å². The van der Waals surface area contributed by atoms with E-state index < -0.39 is 17.3 Å². The van der Waals surface area contributed by atoms with E-state index >= 15 is 0 Å². The molecule has 0 aliphatic heterocycles. The van der Waals surface area contributed by atoms with Crippen LogP contribution in [0.3, 0.4) is 0 Å². The maximum atomic E-state index is 13.3. The molecule has 0 aliphatic carbocycles. The number of amidine groups is 1. The number of hydrogen-bond donors (Lipinski definition) is 3. The van der Waals surface area contributed by atoms with E-state index in [-0.39, 0.29) is 11.4 Å². The van der Waals surface area contributed by atoms with E-state index in [0.717, 1.165) is 6.07 Å². The summed E-state index contributed by atoms with van der Waals surface area (Å²) < 4.78 is 13.3. The standard InChI is InChI=1S/C13H18FN3O2/c1-4-13(3,12(15)17-19)16-11(18)9-5-8(2)6-10(14)7-9/h5-7,19H,4H2,1-3H3,(H2,15,17)(H,16,18). The van der Waals surface area contributed by atoms with Crippen LogP contribution in [0.1, 0.15) is 36.2 Å². The highest BCUT2D eigenvalue weighted by atomic mass is 19.1. The molecule has 19 heavy (non-hydrogen) atoms. The second kappa shape index (κ2) is 5.69. The Bertz CT molecular complexity index is 496. The molecule has 1 rings (SSSR count). The molecule has 0 radical (unpaired) electrons. The van der Waals surface area contributed by atoms with Crippen LogP contribution in [0, 0.1) is 12.7 Å². The van der Waals surface area contributed by atoms with Gasteiger partial charge in [-0.3, -0.25) is 4.79 Å². The SMILES string of the molecule is CCC(C)(NC(=O)c1cc(C)cc(F)c1)/C(N)=N/O. The van der Waals surface area contributed by atoms with E-state index in [4.69, 9.17) is 10.9 Å². The van der Waals surface area contributed by atoms with Crippen molar-refractivity contribution in [3.8, 4) is 0 Å². The Labute approximate surface area is 111 Å². The molecule has 5 nitrogen and oxygen atoms in total. The third kappa shape index (κ3) is 3.43. The Morgan fingerprint density at radius 3 is 2.63 bits per heavy atom. The molecule has 1 atom stereocenters. The number of halogens is 1. The number of hydrogen-bond acceptors (Lipinski definition) is 3. The number of nitrogens with one attached hydrogen (secondary N) is 1. The lowest BCUT2D eigenvalue weighted by atomic mass is 9.96. The molecule has 0 heterocycles. The topological polar surface area (TPSA) is 87.7 Å². The molecule has 1 amide bonds. The third-order valence-corrected chi connectivity index (χ3v) is 3.07. The number of carbonyl (C=O) groups excluding carboxylic acids is 1. The van der Waals surface area contributed by atoms with Crippen molar-refractivity contribution in [2.45, 2.75) is 32.7 Å². The van der Waals surface area contributed by atoms with E-state index in [0.29, 0.717) is 12.0 Å². The second-order valence-corrected chi connectivity index (χ2v) is 4.64. The molecule has 6 heteroatoms. The summed E-state index contributed by atoms with van der Waals surface area (Å²) in [7, 11) is 0. The number of oxime groups is 1. The van der Waals surface area contributed by atoms with Gasteiger partial charge in [0, 0.05) is 5.56 Å². The average molecular weight is 267 g/mol. The van der Waals surface area contributed by atoms with Crippen molar-refractivity contribution in [3.05, 3.63) is 35.1 Å². The van der Waals surface area contributed by atoms with Crippen LogP contribution in [0.2, 0.25) is 0 Å². The molecule has 0 spiro atoms. The van der Waals surface area contributed by atoms with Gasteiger partial charge in [0.25, 0.3) is 5.91 Å². The molecule has 1 aromatic carbocycles. The van der Waals surface area contributed by atoms with E-state index in [2.05, 4.69) is 10.5 Å². The van der Waals surface area contributed by atoms with Gasteiger partial charge in [0.1, 0.15) is 5.82 Å². The van der Waals surface area contributed by atoms with Crippen LogP contribution in [0.15, 0.2) is 23.4 Å². The molecule has 1 aromatic rings. The highest BCUT2D eigenvalue weighted by molar-refractivity contribution is 6.00. The number of aryl methyl sites for hydroxylation is 1. The van der Waals surface area contributed by atoms with Gasteiger partial charge < -0.3 is 16.3 Å². The minimum absolute atomic E-state index is 0.100. The highest BCUT2D eigenvalue weighted by Gasteiger charge is 2.30. The van der Waals surface area contributed by atoms with Crippen LogP contribution in [-0.2, 0) is 0 Å². The lowest BCUT2D eigenvalue weighted by molar-refractivity contribution is 0.0924. The maximum absolute atomic E-state index is 13.3. The monoisotopic (exact) mass is 267 g/mol. The van der Waals surface area contributed by atoms with Crippen LogP contribution < -0.4 is 11.1 Å². The first-order valence-electron chi connectivity index (χ1n) is 5.90. The number of nitrogens with two attached hydrogens (primary N) is 1. The summed E-state index contributed by atoms with van der Waals surface area (Å²) in [6.45, 7) is 5.11. The molecule has 0 aliphatic rings. The Morgan fingerprint density at radius 2 is 2.16 bits per heavy atom. The van der Waals surface area contributed by atoms with Gasteiger partial charge >= 0.3 is 0 Å². The molecule has 0 saturated heterocycles. The molecule has 1 unspecified atom stereocenters. The van der Waals surface area contributed by atoms with Crippen molar-refractivity contribution in [1.29, 1.82) is 0 Å². The van der Waals surface area contributed by atoms with Gasteiger partial charge in [0.15, 0.2) is 5.84 Å². The van der Waals surface area contributed by atoms with Crippen LogP contribution >= 0.6 is 0 Å². The largest absolute Gasteiger partial charge is 0.409 e. The normalized spacial score (nSPS) is 14.8. The van der Waals surface area contributed by atoms with E-state index in [1.165, 1.54) is 6.07 Å². The molecule has 0 fully saturated rings. The lowest BCUT2D eigenvalue weighted by Crippen LogP contribution is -2.55. The Balaban J connectivity index is 3.01. The van der Waals surface area contributed by atoms with Crippen molar-refractivity contribution >= 4 is 11.7 Å². The van der Waals surface area contributed by atoms with Crippen molar-refractivity contribution in [3.63, 3.8) is 0 Å². The van der Waals surface area contributed by atoms with Gasteiger partial charge in [-0.15, -0.1) is 0 Å². The highest BCUT2D eigenvalue weighted by Crippen LogP contribution is 2.13. The van der Waals surface area contributed by atoms with Crippen molar-refractivity contribution in [2.75, 3.05) is 0 Å². The number of benzene rings is 1. The minimum atomic E-state index is -0.980. The predicted octanol–water partition coefficient (Wildman–Crippen LogP) is 1.78. The Kier molecular flexibility index (Phi) is 4.47. The summed E-state index contributed by atoms with van der Waals surface area (Å²) in [5.74, 6) is -1.05. The summed E-state index contributed by atoms with van der Waals surface area (Å²) >= 11 is 0. The molecule has 0 aromatic heterocycles. The number of amides is 1. The zero-order chi connectivity index (χ0) is 14.6. The fourth-order valence-corrected chi connectivity index (χ4v) is 1.63. The van der Waals surface area contributed by atoms with Crippen LogP contribution in [0.4, 0.5) is 4.39 Å². The van der Waals surface area contributed by atoms with Gasteiger partial charge in [0.2, 0.25) is 0 Å². The fraction of sp³-hybridized carbons (Fsp3) is 0.385. The van der Waals surface area contributed by atoms with Gasteiger partial charge in [-0.25, -0.2) is 4.39 Å². The molecule has 104 valence electrons. The second-order valence-electron chi connectivity index (χ2n) is 4.64. The van der Waals surface area contributed by atoms with Gasteiger partial charge in [-0.1, -0.05) is 12.1 Å². The molecule has 4 N–H and O–H groups in total. The quantitative estimate of drug-likeness (QED) is 0.336. The molecular formula is C13H18FN3O2. The van der Waals surface area contributed by atoms with Crippen molar-refractivity contribution in [2.24, 2.45) is 10.9 Å². The first kappa shape index (κ1) is 14.9. The molecular weight excluding hydrogens is 249 g/mol. The Morgan fingerprint density at radius 1 is 1.53 bits per heavy atom. The Hall–Kier alpha value is -2.11. The average Bonchev–Trinajstić information content (AvgIpc) is 2.36. The number of rotatable bonds is 4. The smallest absolute Gasteiger partial charge is 0.252 e. The van der Waals surface area contributed by atoms with Crippen LogP contribution in [0.5, 0.6) is 0 Å². The summed E-state index contributed by atoms with van der Waals surface area (Å²) in [5.41, 5.74) is 5.42. The zero-order valence-corrected chi connectivity index (χ0v) is 11.2. The van der Waals surface area contributed by atoms with Crippen LogP contribution in [-0.4, -0.2) is 22.5 Å². The maximum Gasteiger partial charge on any atom is 0.252 e. The van der Waals surface area contributed by atoms with Crippen molar-refractivity contribution < 1.29 is 14.4 Å². The van der Waals surface area contributed by atoms with Gasteiger partial charge in [-0.05, 0) is 44.0 Å². The number of carbonyl (C=O) groups is 1. The summed E-state index contributed by atoms with van der Waals surface area (Å²) in [5, 5.41) is 14.3.